The molecule has 0 aromatic carbocycles. The molecule has 3 rings (SSSR count). The topological polar surface area (TPSA) is 66.4 Å². The van der Waals surface area contributed by atoms with E-state index in [9.17, 15) is 8.42 Å². The lowest BCUT2D eigenvalue weighted by molar-refractivity contribution is 0.311. The molecule has 1 aliphatic carbocycles. The molecule has 7 heteroatoms. The Morgan fingerprint density at radius 2 is 1.83 bits per heavy atom. The van der Waals surface area contributed by atoms with Crippen molar-refractivity contribution in [2.45, 2.75) is 58.4 Å². The number of piperidine rings is 1. The van der Waals surface area contributed by atoms with Crippen LogP contribution in [0.5, 0.6) is 0 Å². The molecule has 24 heavy (non-hydrogen) atoms. The average molecular weight is 353 g/mol. The minimum Gasteiger partial charge on any atom is -0.356 e. The number of aromatic nitrogens is 2. The smallest absolute Gasteiger partial charge is 0.213 e. The van der Waals surface area contributed by atoms with E-state index in [1.54, 1.807) is 18.3 Å². The third-order valence-corrected chi connectivity index (χ3v) is 7.26. The lowest BCUT2D eigenvalue weighted by Gasteiger charge is -2.37. The first-order chi connectivity index (χ1) is 11.4. The maximum atomic E-state index is 12.1. The highest BCUT2D eigenvalue weighted by Gasteiger charge is 2.30. The van der Waals surface area contributed by atoms with E-state index in [1.807, 2.05) is 6.92 Å². The molecule has 0 bridgehead atoms. The molecule has 1 aromatic rings. The van der Waals surface area contributed by atoms with Gasteiger partial charge in [-0.3, -0.25) is 0 Å². The molecule has 2 heterocycles. The van der Waals surface area contributed by atoms with Gasteiger partial charge in [0, 0.05) is 37.4 Å². The summed E-state index contributed by atoms with van der Waals surface area (Å²) in [7, 11) is -1.39. The summed E-state index contributed by atoms with van der Waals surface area (Å²) in [5.74, 6) is 2.11. The lowest BCUT2D eigenvalue weighted by Crippen LogP contribution is -2.46. The molecule has 0 atom stereocenters. The monoisotopic (exact) mass is 352 g/mol. The number of rotatable bonds is 4. The minimum atomic E-state index is -3.11. The van der Waals surface area contributed by atoms with Gasteiger partial charge in [0.05, 0.1) is 5.75 Å². The number of hydrogen-bond acceptors (Lipinski definition) is 5. The van der Waals surface area contributed by atoms with Gasteiger partial charge in [-0.1, -0.05) is 0 Å². The van der Waals surface area contributed by atoms with Crippen molar-refractivity contribution in [3.63, 3.8) is 0 Å². The van der Waals surface area contributed by atoms with Gasteiger partial charge in [-0.2, -0.15) is 0 Å². The van der Waals surface area contributed by atoms with Crippen LogP contribution < -0.4 is 4.90 Å². The van der Waals surface area contributed by atoms with Gasteiger partial charge in [0.2, 0.25) is 10.0 Å². The standard InChI is InChI=1S/C17H28N4O2S/c1-4-24(22,23)20(3)14-9-11-21(12-10-14)17-15-7-5-6-8-16(15)18-13(2)19-17/h14H,4-12H2,1-3H3. The molecule has 0 radical (unpaired) electrons. The molecule has 0 N–H and O–H groups in total. The highest BCUT2D eigenvalue weighted by Crippen LogP contribution is 2.30. The van der Waals surface area contributed by atoms with Crippen LogP contribution in [0.4, 0.5) is 5.82 Å². The first-order valence-electron chi connectivity index (χ1n) is 8.99. The van der Waals surface area contributed by atoms with Crippen molar-refractivity contribution in [2.75, 3.05) is 30.8 Å². The number of nitrogens with zero attached hydrogens (tertiary/aromatic N) is 4. The van der Waals surface area contributed by atoms with Gasteiger partial charge in [-0.25, -0.2) is 22.7 Å². The molecular formula is C17H28N4O2S. The zero-order valence-corrected chi connectivity index (χ0v) is 15.8. The van der Waals surface area contributed by atoms with Crippen LogP contribution in [0.15, 0.2) is 0 Å². The molecule has 0 unspecified atom stereocenters. The predicted octanol–water partition coefficient (Wildman–Crippen LogP) is 1.91. The van der Waals surface area contributed by atoms with Crippen molar-refractivity contribution in [2.24, 2.45) is 0 Å². The summed E-state index contributed by atoms with van der Waals surface area (Å²) in [5.41, 5.74) is 2.54. The Morgan fingerprint density at radius 1 is 1.17 bits per heavy atom. The van der Waals surface area contributed by atoms with Crippen molar-refractivity contribution in [3.8, 4) is 0 Å². The van der Waals surface area contributed by atoms with Crippen LogP contribution in [-0.4, -0.2) is 54.6 Å². The third-order valence-electron chi connectivity index (χ3n) is 5.35. The summed E-state index contributed by atoms with van der Waals surface area (Å²) in [5, 5.41) is 0. The van der Waals surface area contributed by atoms with E-state index < -0.39 is 10.0 Å². The fourth-order valence-corrected chi connectivity index (χ4v) is 4.90. The Hall–Kier alpha value is -1.21. The number of fused-ring (bicyclic) bond motifs is 1. The van der Waals surface area contributed by atoms with Crippen molar-refractivity contribution < 1.29 is 8.42 Å². The van der Waals surface area contributed by atoms with E-state index >= 15 is 0 Å². The first-order valence-corrected chi connectivity index (χ1v) is 10.6. The van der Waals surface area contributed by atoms with Crippen LogP contribution in [0.1, 0.15) is 49.7 Å². The SMILES string of the molecule is CCS(=O)(=O)N(C)C1CCN(c2nc(C)nc3c2CCCC3)CC1. The van der Waals surface area contributed by atoms with Crippen LogP contribution in [0.2, 0.25) is 0 Å². The Labute approximate surface area is 145 Å². The lowest BCUT2D eigenvalue weighted by atomic mass is 9.95. The maximum Gasteiger partial charge on any atom is 0.213 e. The molecule has 134 valence electrons. The van der Waals surface area contributed by atoms with Crippen LogP contribution in [-0.2, 0) is 22.9 Å². The Bertz CT molecular complexity index is 697. The number of hydrogen-bond donors (Lipinski definition) is 0. The molecule has 2 aliphatic rings. The van der Waals surface area contributed by atoms with Gasteiger partial charge in [0.15, 0.2) is 0 Å². The molecule has 1 aliphatic heterocycles. The Kier molecular flexibility index (Phi) is 5.11. The van der Waals surface area contributed by atoms with Crippen molar-refractivity contribution >= 4 is 15.8 Å². The average Bonchev–Trinajstić information content (AvgIpc) is 2.60. The van der Waals surface area contributed by atoms with Crippen molar-refractivity contribution in [1.82, 2.24) is 14.3 Å². The van der Waals surface area contributed by atoms with Gasteiger partial charge in [-0.05, 0) is 52.4 Å². The quantitative estimate of drug-likeness (QED) is 0.828. The number of anilines is 1. The van der Waals surface area contributed by atoms with Gasteiger partial charge in [-0.15, -0.1) is 0 Å². The highest BCUT2D eigenvalue weighted by molar-refractivity contribution is 7.89. The minimum absolute atomic E-state index is 0.102. The first kappa shape index (κ1) is 17.6. The molecule has 1 saturated heterocycles. The molecule has 0 saturated carbocycles. The normalized spacial score (nSPS) is 19.6. The van der Waals surface area contributed by atoms with Crippen LogP contribution in [0.3, 0.4) is 0 Å². The second-order valence-electron chi connectivity index (χ2n) is 6.86. The van der Waals surface area contributed by atoms with E-state index in [4.69, 9.17) is 4.98 Å². The summed E-state index contributed by atoms with van der Waals surface area (Å²) in [6.07, 6.45) is 6.25. The highest BCUT2D eigenvalue weighted by atomic mass is 32.2. The molecule has 6 nitrogen and oxygen atoms in total. The van der Waals surface area contributed by atoms with Crippen LogP contribution >= 0.6 is 0 Å². The Balaban J connectivity index is 1.75. The largest absolute Gasteiger partial charge is 0.356 e. The fraction of sp³-hybridized carbons (Fsp3) is 0.765. The zero-order valence-electron chi connectivity index (χ0n) is 15.0. The number of aryl methyl sites for hydroxylation is 2. The summed E-state index contributed by atoms with van der Waals surface area (Å²) >= 11 is 0. The fourth-order valence-electron chi connectivity index (χ4n) is 3.83. The van der Waals surface area contributed by atoms with E-state index in [2.05, 4.69) is 9.88 Å². The van der Waals surface area contributed by atoms with E-state index in [0.29, 0.717) is 0 Å². The third kappa shape index (κ3) is 3.42. The van der Waals surface area contributed by atoms with Crippen molar-refractivity contribution in [3.05, 3.63) is 17.1 Å². The molecule has 0 amide bonds. The van der Waals surface area contributed by atoms with E-state index in [0.717, 1.165) is 50.4 Å². The van der Waals surface area contributed by atoms with Gasteiger partial charge in [0.25, 0.3) is 0 Å². The molecule has 1 aromatic heterocycles. The second-order valence-corrected chi connectivity index (χ2v) is 9.18. The van der Waals surface area contributed by atoms with E-state index in [1.165, 1.54) is 24.1 Å². The number of sulfonamides is 1. The van der Waals surface area contributed by atoms with Crippen LogP contribution in [0, 0.1) is 6.92 Å². The van der Waals surface area contributed by atoms with Gasteiger partial charge < -0.3 is 4.90 Å². The Morgan fingerprint density at radius 3 is 2.50 bits per heavy atom. The van der Waals surface area contributed by atoms with Crippen molar-refractivity contribution in [1.29, 1.82) is 0 Å². The van der Waals surface area contributed by atoms with Gasteiger partial charge in [0.1, 0.15) is 11.6 Å². The summed E-state index contributed by atoms with van der Waals surface area (Å²) in [6.45, 7) is 5.39. The molecule has 1 fully saturated rings. The zero-order chi connectivity index (χ0) is 17.3. The molecule has 0 spiro atoms. The summed E-state index contributed by atoms with van der Waals surface area (Å²) < 4.78 is 25.7. The molecular weight excluding hydrogens is 324 g/mol. The summed E-state index contributed by atoms with van der Waals surface area (Å²) in [6, 6.07) is 0.102. The van der Waals surface area contributed by atoms with Crippen LogP contribution in [0.25, 0.3) is 0 Å². The second kappa shape index (κ2) is 6.96. The van der Waals surface area contributed by atoms with Gasteiger partial charge >= 0.3 is 0 Å². The van der Waals surface area contributed by atoms with E-state index in [-0.39, 0.29) is 11.8 Å². The predicted molar refractivity (Wildman–Crippen MR) is 95.9 cm³/mol. The summed E-state index contributed by atoms with van der Waals surface area (Å²) in [4.78, 5) is 11.7. The maximum absolute atomic E-state index is 12.1.